The Labute approximate surface area is 85.0 Å². The minimum atomic E-state index is 0. The predicted octanol–water partition coefficient (Wildman–Crippen LogP) is 4.99. The van der Waals surface area contributed by atoms with Gasteiger partial charge in [0.05, 0.1) is 0 Å². The first-order valence-electron chi connectivity index (χ1n) is 4.24. The highest BCUT2D eigenvalue weighted by atomic mass is 13.9. The molecule has 0 radical (unpaired) electrons. The van der Waals surface area contributed by atoms with E-state index in [9.17, 15) is 0 Å². The molecule has 0 bridgehead atoms. The van der Waals surface area contributed by atoms with E-state index in [1.807, 2.05) is 0 Å². The molecule has 1 rings (SSSR count). The minimum Gasteiger partial charge on any atom is -0.0776 e. The van der Waals surface area contributed by atoms with Gasteiger partial charge in [-0.2, -0.15) is 0 Å². The number of aryl methyl sites for hydroxylation is 2. The minimum absolute atomic E-state index is 0. The topological polar surface area (TPSA) is 0 Å². The van der Waals surface area contributed by atoms with Crippen LogP contribution in [0.4, 0.5) is 0 Å². The van der Waals surface area contributed by atoms with Crippen LogP contribution in [0.25, 0.3) is 0 Å². The van der Waals surface area contributed by atoms with Crippen molar-refractivity contribution in [3.8, 4) is 0 Å². The van der Waals surface area contributed by atoms with Crippen LogP contribution in [0.1, 0.15) is 46.2 Å². The SMILES string of the molecule is C.C.CCC.Cc1ccc(C)cc1. The number of benzene rings is 1. The average molecular weight is 182 g/mol. The van der Waals surface area contributed by atoms with Crippen LogP contribution in [0.3, 0.4) is 0 Å². The van der Waals surface area contributed by atoms with Crippen LogP contribution in [-0.2, 0) is 0 Å². The van der Waals surface area contributed by atoms with Crippen LogP contribution in [0.15, 0.2) is 24.3 Å². The zero-order chi connectivity index (χ0) is 8.69. The summed E-state index contributed by atoms with van der Waals surface area (Å²) < 4.78 is 0. The lowest BCUT2D eigenvalue weighted by molar-refractivity contribution is 1.09. The second-order valence-electron chi connectivity index (χ2n) is 2.86. The molecule has 0 spiro atoms. The Morgan fingerprint density at radius 2 is 0.923 bits per heavy atom. The van der Waals surface area contributed by atoms with Crippen LogP contribution >= 0.6 is 0 Å². The number of hydrogen-bond acceptors (Lipinski definition) is 0. The number of hydrogen-bond donors (Lipinski definition) is 0. The number of rotatable bonds is 0. The molecule has 0 unspecified atom stereocenters. The molecule has 0 atom stereocenters. The average Bonchev–Trinajstić information content (AvgIpc) is 1.97. The summed E-state index contributed by atoms with van der Waals surface area (Å²) >= 11 is 0. The van der Waals surface area contributed by atoms with Crippen LogP contribution in [-0.4, -0.2) is 0 Å². The van der Waals surface area contributed by atoms with Gasteiger partial charge in [-0.25, -0.2) is 0 Å². The van der Waals surface area contributed by atoms with Gasteiger partial charge >= 0.3 is 0 Å². The van der Waals surface area contributed by atoms with E-state index in [4.69, 9.17) is 0 Å². The van der Waals surface area contributed by atoms with Gasteiger partial charge in [-0.3, -0.25) is 0 Å². The second kappa shape index (κ2) is 11.2. The maximum absolute atomic E-state index is 2.12. The second-order valence-corrected chi connectivity index (χ2v) is 2.86. The third kappa shape index (κ3) is 11.2. The summed E-state index contributed by atoms with van der Waals surface area (Å²) in [7, 11) is 0. The molecule has 0 fully saturated rings. The molecule has 0 N–H and O–H groups in total. The molecule has 0 nitrogen and oxygen atoms in total. The highest BCUT2D eigenvalue weighted by molar-refractivity contribution is 5.19. The van der Waals surface area contributed by atoms with Crippen LogP contribution in [0, 0.1) is 13.8 Å². The quantitative estimate of drug-likeness (QED) is 0.530. The smallest absolute Gasteiger partial charge is 0.0398 e. The molecule has 0 aliphatic rings. The molecule has 1 aromatic carbocycles. The first-order valence-corrected chi connectivity index (χ1v) is 4.24. The highest BCUT2D eigenvalue weighted by Crippen LogP contribution is 1.99. The van der Waals surface area contributed by atoms with Gasteiger partial charge < -0.3 is 0 Å². The van der Waals surface area contributed by atoms with Crippen molar-refractivity contribution in [1.82, 2.24) is 0 Å². The largest absolute Gasteiger partial charge is 0.0776 e. The fraction of sp³-hybridized carbons (Fsp3) is 0.538. The van der Waals surface area contributed by atoms with Crippen molar-refractivity contribution >= 4 is 0 Å². The monoisotopic (exact) mass is 182 g/mol. The molecule has 78 valence electrons. The van der Waals surface area contributed by atoms with E-state index in [0.717, 1.165) is 0 Å². The van der Waals surface area contributed by atoms with Crippen molar-refractivity contribution in [1.29, 1.82) is 0 Å². The molecule has 0 saturated carbocycles. The molecular weight excluding hydrogens is 156 g/mol. The van der Waals surface area contributed by atoms with Gasteiger partial charge in [-0.1, -0.05) is 70.5 Å². The van der Waals surface area contributed by atoms with Crippen LogP contribution < -0.4 is 0 Å². The van der Waals surface area contributed by atoms with E-state index in [-0.39, 0.29) is 14.9 Å². The van der Waals surface area contributed by atoms with Crippen LogP contribution in [0.2, 0.25) is 0 Å². The van der Waals surface area contributed by atoms with E-state index >= 15 is 0 Å². The third-order valence-electron chi connectivity index (χ3n) is 1.22. The van der Waals surface area contributed by atoms with Crippen molar-refractivity contribution in [3.05, 3.63) is 35.4 Å². The molecular formula is C13H26. The standard InChI is InChI=1S/C8H10.C3H8.2CH4/c1-7-3-5-8(2)6-4-7;1-3-2;;/h3-6H,1-2H3;3H2,1-2H3;2*1H4. The van der Waals surface area contributed by atoms with Gasteiger partial charge in [0.25, 0.3) is 0 Å². The summed E-state index contributed by atoms with van der Waals surface area (Å²) in [6.07, 6.45) is 1.25. The zero-order valence-electron chi connectivity index (χ0n) is 8.02. The van der Waals surface area contributed by atoms with Crippen molar-refractivity contribution in [2.75, 3.05) is 0 Å². The summed E-state index contributed by atoms with van der Waals surface area (Å²) in [6, 6.07) is 8.48. The Balaban J connectivity index is -0.000000180. The van der Waals surface area contributed by atoms with Gasteiger partial charge in [0, 0.05) is 0 Å². The van der Waals surface area contributed by atoms with Crippen molar-refractivity contribution in [3.63, 3.8) is 0 Å². The fourth-order valence-electron chi connectivity index (χ4n) is 0.637. The molecule has 0 heterocycles. The molecule has 0 aliphatic heterocycles. The van der Waals surface area contributed by atoms with E-state index in [1.54, 1.807) is 0 Å². The summed E-state index contributed by atoms with van der Waals surface area (Å²) in [5.41, 5.74) is 2.66. The van der Waals surface area contributed by atoms with E-state index in [1.165, 1.54) is 17.5 Å². The zero-order valence-corrected chi connectivity index (χ0v) is 8.02. The maximum Gasteiger partial charge on any atom is -0.0398 e. The lowest BCUT2D eigenvalue weighted by atomic mass is 10.2. The van der Waals surface area contributed by atoms with E-state index < -0.39 is 0 Å². The Hall–Kier alpha value is -0.780. The van der Waals surface area contributed by atoms with Gasteiger partial charge in [0.1, 0.15) is 0 Å². The van der Waals surface area contributed by atoms with Crippen LogP contribution in [0.5, 0.6) is 0 Å². The first-order chi connectivity index (χ1) is 5.20. The molecule has 1 aromatic rings. The molecule has 0 heteroatoms. The maximum atomic E-state index is 2.12. The Morgan fingerprint density at radius 1 is 0.769 bits per heavy atom. The predicted molar refractivity (Wildman–Crippen MR) is 65.3 cm³/mol. The van der Waals surface area contributed by atoms with Gasteiger partial charge in [0.2, 0.25) is 0 Å². The molecule has 0 saturated heterocycles. The Bertz CT molecular complexity index is 151. The van der Waals surface area contributed by atoms with Crippen molar-refractivity contribution in [2.24, 2.45) is 0 Å². The fourth-order valence-corrected chi connectivity index (χ4v) is 0.637. The van der Waals surface area contributed by atoms with Crippen molar-refractivity contribution in [2.45, 2.75) is 49.0 Å². The van der Waals surface area contributed by atoms with E-state index in [2.05, 4.69) is 52.0 Å². The Morgan fingerprint density at radius 3 is 1.08 bits per heavy atom. The van der Waals surface area contributed by atoms with E-state index in [0.29, 0.717) is 0 Å². The van der Waals surface area contributed by atoms with Gasteiger partial charge in [-0.15, -0.1) is 0 Å². The summed E-state index contributed by atoms with van der Waals surface area (Å²) in [5.74, 6) is 0. The first kappa shape index (κ1) is 18.1. The summed E-state index contributed by atoms with van der Waals surface area (Å²) in [4.78, 5) is 0. The molecule has 0 amide bonds. The highest BCUT2D eigenvalue weighted by Gasteiger charge is 1.79. The van der Waals surface area contributed by atoms with Crippen molar-refractivity contribution < 1.29 is 0 Å². The molecule has 0 aliphatic carbocycles. The molecule has 0 aromatic heterocycles. The Kier molecular flexibility index (Phi) is 15.6. The van der Waals surface area contributed by atoms with Gasteiger partial charge in [-0.05, 0) is 13.8 Å². The lowest BCUT2D eigenvalue weighted by Crippen LogP contribution is -1.70. The lowest BCUT2D eigenvalue weighted by Gasteiger charge is -1.90. The summed E-state index contributed by atoms with van der Waals surface area (Å²) in [6.45, 7) is 8.44. The summed E-state index contributed by atoms with van der Waals surface area (Å²) in [5, 5.41) is 0. The van der Waals surface area contributed by atoms with Gasteiger partial charge in [0.15, 0.2) is 0 Å². The third-order valence-corrected chi connectivity index (χ3v) is 1.22. The normalized spacial score (nSPS) is 7.08. The molecule has 13 heavy (non-hydrogen) atoms.